The monoisotopic (exact) mass is 493 g/mol. The second-order valence-electron chi connectivity index (χ2n) is 8.10. The van der Waals surface area contributed by atoms with Crippen LogP contribution in [0.5, 0.6) is 11.5 Å². The fraction of sp³-hybridized carbons (Fsp3) is 0.560. The molecule has 6 nitrogen and oxygen atoms in total. The molecule has 182 valence electrons. The Morgan fingerprint density at radius 2 is 1.94 bits per heavy atom. The minimum atomic E-state index is -0.882. The summed E-state index contributed by atoms with van der Waals surface area (Å²) in [5, 5.41) is 8.81. The van der Waals surface area contributed by atoms with Gasteiger partial charge in [-0.05, 0) is 56.9 Å². The summed E-state index contributed by atoms with van der Waals surface area (Å²) in [5.74, 6) is 0.287. The van der Waals surface area contributed by atoms with Gasteiger partial charge >= 0.3 is 5.97 Å². The van der Waals surface area contributed by atoms with Crippen LogP contribution in [0.4, 0.5) is 0 Å². The summed E-state index contributed by atoms with van der Waals surface area (Å²) in [6.07, 6.45) is 9.44. The maximum absolute atomic E-state index is 12.7. The van der Waals surface area contributed by atoms with E-state index in [4.69, 9.17) is 26.8 Å². The van der Waals surface area contributed by atoms with Crippen molar-refractivity contribution in [3.8, 4) is 11.5 Å². The molecule has 0 bridgehead atoms. The van der Waals surface area contributed by atoms with E-state index in [-0.39, 0.29) is 18.4 Å². The molecule has 0 aromatic heterocycles. The van der Waals surface area contributed by atoms with Crippen LogP contribution in [0.25, 0.3) is 6.08 Å². The number of hydrogen-bond acceptors (Lipinski definition) is 6. The average Bonchev–Trinajstić information content (AvgIpc) is 3.02. The second kappa shape index (κ2) is 14.3. The van der Waals surface area contributed by atoms with Crippen LogP contribution in [0.15, 0.2) is 23.1 Å². The molecule has 1 aromatic carbocycles. The quantitative estimate of drug-likeness (QED) is 0.175. The maximum atomic E-state index is 12.7. The van der Waals surface area contributed by atoms with Crippen molar-refractivity contribution in [2.45, 2.75) is 78.2 Å². The zero-order valence-electron chi connectivity index (χ0n) is 19.8. The first kappa shape index (κ1) is 27.2. The summed E-state index contributed by atoms with van der Waals surface area (Å²) in [6.45, 7) is 7.04. The van der Waals surface area contributed by atoms with Gasteiger partial charge in [-0.25, -0.2) is 0 Å². The summed E-state index contributed by atoms with van der Waals surface area (Å²) >= 11 is 6.55. The van der Waals surface area contributed by atoms with Gasteiger partial charge in [-0.3, -0.25) is 14.5 Å². The highest BCUT2D eigenvalue weighted by atomic mass is 32.2. The number of nitrogens with zero attached hydrogens (tertiary/aromatic N) is 1. The molecule has 1 aliphatic heterocycles. The van der Waals surface area contributed by atoms with E-state index in [1.54, 1.807) is 6.08 Å². The van der Waals surface area contributed by atoms with Gasteiger partial charge in [0.25, 0.3) is 5.91 Å². The molecule has 1 fully saturated rings. The first-order valence-corrected chi connectivity index (χ1v) is 13.0. The highest BCUT2D eigenvalue weighted by molar-refractivity contribution is 8.26. The zero-order chi connectivity index (χ0) is 24.2. The van der Waals surface area contributed by atoms with Crippen LogP contribution in [0.2, 0.25) is 0 Å². The molecule has 1 atom stereocenters. The molecule has 33 heavy (non-hydrogen) atoms. The molecule has 0 spiro atoms. The lowest BCUT2D eigenvalue weighted by atomic mass is 10.1. The van der Waals surface area contributed by atoms with Crippen molar-refractivity contribution >= 4 is 46.3 Å². The van der Waals surface area contributed by atoms with E-state index in [0.717, 1.165) is 18.4 Å². The number of thioether (sulfide) groups is 1. The Balaban J connectivity index is 2.04. The Bertz CT molecular complexity index is 855. The summed E-state index contributed by atoms with van der Waals surface area (Å²) in [4.78, 5) is 25.5. The number of ether oxygens (including phenoxy) is 2. The van der Waals surface area contributed by atoms with Crippen LogP contribution in [-0.4, -0.2) is 45.5 Å². The lowest BCUT2D eigenvalue weighted by Gasteiger charge is -2.18. The Labute approximate surface area is 206 Å². The van der Waals surface area contributed by atoms with Crippen molar-refractivity contribution in [1.29, 1.82) is 0 Å². The van der Waals surface area contributed by atoms with Gasteiger partial charge in [0, 0.05) is 13.0 Å². The van der Waals surface area contributed by atoms with Gasteiger partial charge in [-0.15, -0.1) is 0 Å². The third-order valence-electron chi connectivity index (χ3n) is 5.25. The predicted octanol–water partition coefficient (Wildman–Crippen LogP) is 6.28. The molecule has 1 aromatic rings. The number of benzene rings is 1. The Morgan fingerprint density at radius 1 is 1.18 bits per heavy atom. The molecular formula is C25H35NO5S2. The van der Waals surface area contributed by atoms with E-state index in [1.807, 2.05) is 25.1 Å². The number of carboxylic acid groups (broad SMARTS) is 1. The van der Waals surface area contributed by atoms with E-state index in [2.05, 4.69) is 13.8 Å². The molecular weight excluding hydrogens is 458 g/mol. The third kappa shape index (κ3) is 9.01. The highest BCUT2D eigenvalue weighted by Crippen LogP contribution is 2.35. The zero-order valence-corrected chi connectivity index (χ0v) is 21.4. The van der Waals surface area contributed by atoms with Crippen LogP contribution in [-0.2, 0) is 9.59 Å². The van der Waals surface area contributed by atoms with Crippen LogP contribution < -0.4 is 9.47 Å². The summed E-state index contributed by atoms with van der Waals surface area (Å²) in [6, 6.07) is 5.67. The molecule has 8 heteroatoms. The van der Waals surface area contributed by atoms with Crippen molar-refractivity contribution in [3.05, 3.63) is 28.7 Å². The molecule has 1 saturated heterocycles. The largest absolute Gasteiger partial charge is 0.490 e. The molecule has 0 radical (unpaired) electrons. The summed E-state index contributed by atoms with van der Waals surface area (Å²) in [7, 11) is 0. The van der Waals surface area contributed by atoms with E-state index >= 15 is 0 Å². The first-order valence-electron chi connectivity index (χ1n) is 11.8. The number of thiocarbonyl (C=S) groups is 1. The minimum absolute atomic E-state index is 0.00640. The molecule has 1 heterocycles. The lowest BCUT2D eigenvalue weighted by Crippen LogP contribution is -2.29. The fourth-order valence-electron chi connectivity index (χ4n) is 3.52. The van der Waals surface area contributed by atoms with Crippen LogP contribution in [0.3, 0.4) is 0 Å². The standard InChI is InChI=1S/C25H35NO5S2/c1-4-6-7-8-9-11-18(3)31-20-14-13-19(16-21(20)30-5-2)17-22-24(29)26(25(32)33-22)15-10-12-23(27)28/h13-14,16-18H,4-12,15H2,1-3H3,(H,27,28)/b22-17-. The number of carboxylic acids is 1. The summed E-state index contributed by atoms with van der Waals surface area (Å²) in [5.41, 5.74) is 0.823. The molecule has 1 unspecified atom stereocenters. The summed E-state index contributed by atoms with van der Waals surface area (Å²) < 4.78 is 12.4. The fourth-order valence-corrected chi connectivity index (χ4v) is 4.83. The lowest BCUT2D eigenvalue weighted by molar-refractivity contribution is -0.137. The van der Waals surface area contributed by atoms with Crippen LogP contribution in [0.1, 0.15) is 77.7 Å². The van der Waals surface area contributed by atoms with Gasteiger partial charge < -0.3 is 14.6 Å². The van der Waals surface area contributed by atoms with Gasteiger partial charge in [0.2, 0.25) is 0 Å². The van der Waals surface area contributed by atoms with E-state index in [1.165, 1.54) is 42.3 Å². The van der Waals surface area contributed by atoms with Gasteiger partial charge in [0.1, 0.15) is 4.32 Å². The predicted molar refractivity (Wildman–Crippen MR) is 138 cm³/mol. The third-order valence-corrected chi connectivity index (χ3v) is 6.63. The topological polar surface area (TPSA) is 76.1 Å². The number of unbranched alkanes of at least 4 members (excludes halogenated alkanes) is 4. The number of rotatable bonds is 15. The normalized spacial score (nSPS) is 15.8. The van der Waals surface area contributed by atoms with E-state index in [0.29, 0.717) is 40.3 Å². The SMILES string of the molecule is CCCCCCCC(C)Oc1ccc(/C=C2\SC(=S)N(CCCC(=O)O)C2=O)cc1OCC. The van der Waals surface area contributed by atoms with Crippen molar-refractivity contribution in [1.82, 2.24) is 4.90 Å². The molecule has 0 aliphatic carbocycles. The van der Waals surface area contributed by atoms with Crippen molar-refractivity contribution in [3.63, 3.8) is 0 Å². The molecule has 2 rings (SSSR count). The van der Waals surface area contributed by atoms with Crippen molar-refractivity contribution < 1.29 is 24.2 Å². The second-order valence-corrected chi connectivity index (χ2v) is 9.78. The Hall–Kier alpha value is -2.06. The van der Waals surface area contributed by atoms with Crippen LogP contribution in [0, 0.1) is 0 Å². The van der Waals surface area contributed by atoms with E-state index in [9.17, 15) is 9.59 Å². The number of amides is 1. The maximum Gasteiger partial charge on any atom is 0.303 e. The van der Waals surface area contributed by atoms with Crippen LogP contribution >= 0.6 is 24.0 Å². The highest BCUT2D eigenvalue weighted by Gasteiger charge is 2.31. The van der Waals surface area contributed by atoms with Gasteiger partial charge in [-0.2, -0.15) is 0 Å². The van der Waals surface area contributed by atoms with Crippen molar-refractivity contribution in [2.75, 3.05) is 13.2 Å². The smallest absolute Gasteiger partial charge is 0.303 e. The average molecular weight is 494 g/mol. The van der Waals surface area contributed by atoms with Gasteiger partial charge in [0.05, 0.1) is 17.6 Å². The Morgan fingerprint density at radius 3 is 2.64 bits per heavy atom. The number of carbonyl (C=O) groups is 2. The molecule has 0 saturated carbocycles. The number of hydrogen-bond donors (Lipinski definition) is 1. The molecule has 1 amide bonds. The Kier molecular flexibility index (Phi) is 11.7. The number of carbonyl (C=O) groups excluding carboxylic acids is 1. The molecule has 1 N–H and O–H groups in total. The number of aliphatic carboxylic acids is 1. The molecule has 1 aliphatic rings. The first-order chi connectivity index (χ1) is 15.8. The van der Waals surface area contributed by atoms with Crippen molar-refractivity contribution in [2.24, 2.45) is 0 Å². The van der Waals surface area contributed by atoms with Gasteiger partial charge in [-0.1, -0.05) is 62.7 Å². The van der Waals surface area contributed by atoms with Gasteiger partial charge in [0.15, 0.2) is 11.5 Å². The van der Waals surface area contributed by atoms with E-state index < -0.39 is 5.97 Å². The minimum Gasteiger partial charge on any atom is -0.490 e.